The molecule has 1 saturated heterocycles. The zero-order valence-corrected chi connectivity index (χ0v) is 8.14. The van der Waals surface area contributed by atoms with Gasteiger partial charge in [0, 0.05) is 18.1 Å². The molecule has 0 saturated carbocycles. The third kappa shape index (κ3) is 1.60. The molecule has 0 unspecified atom stereocenters. The predicted molar refractivity (Wildman–Crippen MR) is 45.7 cm³/mol. The highest BCUT2D eigenvalue weighted by Crippen LogP contribution is 2.29. The molecule has 0 spiro atoms. The number of likely N-dealkylation sites (tertiary alicyclic amines) is 1. The summed E-state index contributed by atoms with van der Waals surface area (Å²) in [5.41, 5.74) is -0.134. The van der Waals surface area contributed by atoms with Crippen LogP contribution >= 0.6 is 0 Å². The van der Waals surface area contributed by atoms with E-state index in [1.165, 1.54) is 0 Å². The Morgan fingerprint density at radius 1 is 1.25 bits per heavy atom. The molecule has 3 heteroatoms. The molecule has 0 bridgehead atoms. The Labute approximate surface area is 72.7 Å². The van der Waals surface area contributed by atoms with Crippen molar-refractivity contribution < 1.29 is 8.78 Å². The Bertz CT molecular complexity index is 164. The van der Waals surface area contributed by atoms with Crippen LogP contribution < -0.4 is 0 Å². The zero-order chi connectivity index (χ0) is 9.52. The van der Waals surface area contributed by atoms with Gasteiger partial charge in [0.2, 0.25) is 0 Å². The van der Waals surface area contributed by atoms with E-state index >= 15 is 0 Å². The average molecular weight is 177 g/mol. The normalized spacial score (nSPS) is 39.0. The minimum absolute atomic E-state index is 0.134. The van der Waals surface area contributed by atoms with E-state index in [0.717, 1.165) is 0 Å². The van der Waals surface area contributed by atoms with E-state index < -0.39 is 12.3 Å². The predicted octanol–water partition coefficient (Wildman–Crippen LogP) is 2.17. The van der Waals surface area contributed by atoms with Crippen molar-refractivity contribution in [2.45, 2.75) is 51.6 Å². The summed E-state index contributed by atoms with van der Waals surface area (Å²) in [5.74, 6) is 0. The molecule has 1 aliphatic rings. The number of nitrogens with zero attached hydrogens (tertiary/aromatic N) is 1. The van der Waals surface area contributed by atoms with E-state index in [2.05, 4.69) is 0 Å². The second kappa shape index (κ2) is 2.95. The topological polar surface area (TPSA) is 3.24 Å². The highest BCUT2D eigenvalue weighted by atomic mass is 19.2. The maximum Gasteiger partial charge on any atom is 0.148 e. The first-order valence-corrected chi connectivity index (χ1v) is 4.39. The van der Waals surface area contributed by atoms with E-state index in [9.17, 15) is 8.78 Å². The van der Waals surface area contributed by atoms with Crippen LogP contribution in [0.2, 0.25) is 0 Å². The van der Waals surface area contributed by atoms with Gasteiger partial charge < -0.3 is 0 Å². The largest absolute Gasteiger partial charge is 0.290 e. The monoisotopic (exact) mass is 177 g/mol. The molecule has 0 aromatic carbocycles. The first-order chi connectivity index (χ1) is 5.34. The van der Waals surface area contributed by atoms with Gasteiger partial charge in [-0.15, -0.1) is 0 Å². The van der Waals surface area contributed by atoms with Crippen LogP contribution in [-0.2, 0) is 0 Å². The van der Waals surface area contributed by atoms with E-state index in [4.69, 9.17) is 0 Å². The quantitative estimate of drug-likeness (QED) is 0.548. The molecule has 0 radical (unpaired) electrons. The van der Waals surface area contributed by atoms with Crippen molar-refractivity contribution in [2.75, 3.05) is 6.54 Å². The van der Waals surface area contributed by atoms with E-state index in [0.29, 0.717) is 0 Å². The van der Waals surface area contributed by atoms with Crippen LogP contribution in [0.25, 0.3) is 0 Å². The lowest BCUT2D eigenvalue weighted by molar-refractivity contribution is 0.107. The minimum Gasteiger partial charge on any atom is -0.290 e. The van der Waals surface area contributed by atoms with Crippen molar-refractivity contribution in [3.8, 4) is 0 Å². The fraction of sp³-hybridized carbons (Fsp3) is 1.00. The summed E-state index contributed by atoms with van der Waals surface area (Å²) in [7, 11) is 0. The van der Waals surface area contributed by atoms with Crippen LogP contribution in [0.5, 0.6) is 0 Å². The fourth-order valence-electron chi connectivity index (χ4n) is 1.81. The van der Waals surface area contributed by atoms with Crippen LogP contribution in [0.3, 0.4) is 0 Å². The number of halogens is 2. The molecular formula is C9H17F2N. The molecule has 1 rings (SSSR count). The molecule has 1 fully saturated rings. The summed E-state index contributed by atoms with van der Waals surface area (Å²) < 4.78 is 26.0. The van der Waals surface area contributed by atoms with Gasteiger partial charge in [0.05, 0.1) is 0 Å². The van der Waals surface area contributed by atoms with E-state index in [1.54, 1.807) is 6.92 Å². The molecule has 3 atom stereocenters. The van der Waals surface area contributed by atoms with Crippen molar-refractivity contribution in [2.24, 2.45) is 0 Å². The van der Waals surface area contributed by atoms with E-state index in [-0.39, 0.29) is 18.1 Å². The van der Waals surface area contributed by atoms with Crippen LogP contribution in [0.4, 0.5) is 8.78 Å². The Morgan fingerprint density at radius 3 is 1.92 bits per heavy atom. The van der Waals surface area contributed by atoms with Gasteiger partial charge in [0.15, 0.2) is 0 Å². The Kier molecular flexibility index (Phi) is 2.43. The molecule has 0 aromatic rings. The third-order valence-corrected chi connectivity index (χ3v) is 2.53. The van der Waals surface area contributed by atoms with Gasteiger partial charge in [-0.05, 0) is 27.7 Å². The Balaban J connectivity index is 2.71. The molecule has 12 heavy (non-hydrogen) atoms. The average Bonchev–Trinajstić information content (AvgIpc) is 2.15. The SMILES string of the molecule is C[C@@H]1[C@H](F)[C@H](F)CN1C(C)(C)C. The number of alkyl halides is 2. The van der Waals surface area contributed by atoms with Crippen LogP contribution in [-0.4, -0.2) is 35.4 Å². The lowest BCUT2D eigenvalue weighted by Gasteiger charge is -2.35. The molecule has 0 N–H and O–H groups in total. The van der Waals surface area contributed by atoms with Crippen LogP contribution in [0.15, 0.2) is 0 Å². The summed E-state index contributed by atoms with van der Waals surface area (Å²) >= 11 is 0. The highest BCUT2D eigenvalue weighted by molar-refractivity contribution is 4.96. The van der Waals surface area contributed by atoms with Crippen molar-refractivity contribution in [3.63, 3.8) is 0 Å². The Hall–Kier alpha value is -0.180. The molecule has 0 aromatic heterocycles. The van der Waals surface area contributed by atoms with Gasteiger partial charge in [-0.2, -0.15) is 0 Å². The standard InChI is InChI=1S/C9H17F2N/c1-6-8(11)7(10)5-12(6)9(2,3)4/h6-8H,5H2,1-4H3/t6-,7-,8+/m1/s1. The summed E-state index contributed by atoms with van der Waals surface area (Å²) in [6, 6.07) is -0.292. The smallest absolute Gasteiger partial charge is 0.148 e. The van der Waals surface area contributed by atoms with Crippen molar-refractivity contribution in [1.29, 1.82) is 0 Å². The maximum absolute atomic E-state index is 13.1. The van der Waals surface area contributed by atoms with Crippen molar-refractivity contribution in [1.82, 2.24) is 4.90 Å². The molecular weight excluding hydrogens is 160 g/mol. The molecule has 1 aliphatic heterocycles. The van der Waals surface area contributed by atoms with Gasteiger partial charge in [0.25, 0.3) is 0 Å². The Morgan fingerprint density at radius 2 is 1.75 bits per heavy atom. The lowest BCUT2D eigenvalue weighted by atomic mass is 10.1. The molecule has 1 heterocycles. The third-order valence-electron chi connectivity index (χ3n) is 2.53. The van der Waals surface area contributed by atoms with Gasteiger partial charge in [-0.1, -0.05) is 0 Å². The van der Waals surface area contributed by atoms with Gasteiger partial charge in [0.1, 0.15) is 12.3 Å². The molecule has 0 amide bonds. The fourth-order valence-corrected chi connectivity index (χ4v) is 1.81. The first kappa shape index (κ1) is 9.90. The number of hydrogen-bond acceptors (Lipinski definition) is 1. The maximum atomic E-state index is 13.1. The summed E-state index contributed by atoms with van der Waals surface area (Å²) in [6.07, 6.45) is -2.62. The van der Waals surface area contributed by atoms with Crippen LogP contribution in [0.1, 0.15) is 27.7 Å². The van der Waals surface area contributed by atoms with Gasteiger partial charge in [-0.3, -0.25) is 4.90 Å². The summed E-state index contributed by atoms with van der Waals surface area (Å²) in [6.45, 7) is 7.91. The minimum atomic E-state index is -1.32. The first-order valence-electron chi connectivity index (χ1n) is 4.39. The zero-order valence-electron chi connectivity index (χ0n) is 8.14. The van der Waals surface area contributed by atoms with Crippen LogP contribution in [0, 0.1) is 0 Å². The highest BCUT2D eigenvalue weighted by Gasteiger charge is 2.43. The number of hydrogen-bond donors (Lipinski definition) is 0. The van der Waals surface area contributed by atoms with Gasteiger partial charge in [-0.25, -0.2) is 8.78 Å². The summed E-state index contributed by atoms with van der Waals surface area (Å²) in [4.78, 5) is 1.88. The molecule has 72 valence electrons. The van der Waals surface area contributed by atoms with Gasteiger partial charge >= 0.3 is 0 Å². The second-order valence-corrected chi connectivity index (χ2v) is 4.52. The molecule has 0 aliphatic carbocycles. The van der Waals surface area contributed by atoms with E-state index in [1.807, 2.05) is 25.7 Å². The van der Waals surface area contributed by atoms with Crippen molar-refractivity contribution >= 4 is 0 Å². The number of rotatable bonds is 0. The van der Waals surface area contributed by atoms with Crippen molar-refractivity contribution in [3.05, 3.63) is 0 Å². The lowest BCUT2D eigenvalue weighted by Crippen LogP contribution is -2.44. The summed E-state index contributed by atoms with van der Waals surface area (Å²) in [5, 5.41) is 0. The second-order valence-electron chi connectivity index (χ2n) is 4.52. The molecule has 1 nitrogen and oxygen atoms in total.